The molecular formula is C27H42N6O4. The predicted octanol–water partition coefficient (Wildman–Crippen LogP) is 3.26. The van der Waals surface area contributed by atoms with E-state index in [9.17, 15) is 14.7 Å². The maximum Gasteiger partial charge on any atom is 0.321 e. The second-order valence-electron chi connectivity index (χ2n) is 11.1. The number of fused-ring (bicyclic) bond motifs is 1. The Morgan fingerprint density at radius 3 is 2.65 bits per heavy atom. The summed E-state index contributed by atoms with van der Waals surface area (Å²) in [4.78, 5) is 29.3. The van der Waals surface area contributed by atoms with E-state index in [4.69, 9.17) is 4.74 Å². The number of aliphatic hydroxyl groups is 1. The van der Waals surface area contributed by atoms with Gasteiger partial charge in [0.2, 0.25) is 5.91 Å². The van der Waals surface area contributed by atoms with Gasteiger partial charge in [0.1, 0.15) is 0 Å². The summed E-state index contributed by atoms with van der Waals surface area (Å²) in [5, 5.41) is 20.8. The molecule has 3 rings (SSSR count). The Balaban J connectivity index is 1.74. The minimum absolute atomic E-state index is 0.0146. The number of ether oxygens (including phenoxy) is 1. The van der Waals surface area contributed by atoms with Crippen LogP contribution in [0.3, 0.4) is 0 Å². The SMILES string of the molecule is C[C@H](CO)N1C[C@H](C)[C@@H](CN(C)C(=O)Nc2ccc(C(C)(C)C)cc2)OCc2cnnn2CCCC1=O. The lowest BCUT2D eigenvalue weighted by molar-refractivity contribution is -0.136. The molecule has 0 unspecified atom stereocenters. The summed E-state index contributed by atoms with van der Waals surface area (Å²) in [6.07, 6.45) is 2.30. The Kier molecular flexibility index (Phi) is 9.67. The fraction of sp³-hybridized carbons (Fsp3) is 0.630. The highest BCUT2D eigenvalue weighted by molar-refractivity contribution is 5.89. The fourth-order valence-corrected chi connectivity index (χ4v) is 4.37. The van der Waals surface area contributed by atoms with Crippen LogP contribution in [0, 0.1) is 5.92 Å². The third-order valence-electron chi connectivity index (χ3n) is 6.94. The van der Waals surface area contributed by atoms with Gasteiger partial charge in [0, 0.05) is 44.7 Å². The van der Waals surface area contributed by atoms with Crippen LogP contribution in [0.15, 0.2) is 30.5 Å². The molecule has 0 aliphatic carbocycles. The number of nitrogens with zero attached hydrogens (tertiary/aromatic N) is 5. The largest absolute Gasteiger partial charge is 0.394 e. The first kappa shape index (κ1) is 28.6. The van der Waals surface area contributed by atoms with Crippen molar-refractivity contribution < 1.29 is 19.4 Å². The molecule has 1 aromatic heterocycles. The lowest BCUT2D eigenvalue weighted by Crippen LogP contribution is -2.48. The van der Waals surface area contributed by atoms with Crippen molar-refractivity contribution in [3.63, 3.8) is 0 Å². The molecule has 0 bridgehead atoms. The highest BCUT2D eigenvalue weighted by Crippen LogP contribution is 2.24. The summed E-state index contributed by atoms with van der Waals surface area (Å²) >= 11 is 0. The zero-order valence-corrected chi connectivity index (χ0v) is 23.0. The number of hydrogen-bond donors (Lipinski definition) is 2. The van der Waals surface area contributed by atoms with E-state index in [1.54, 1.807) is 27.7 Å². The molecule has 0 saturated heterocycles. The normalized spacial score (nSPS) is 20.4. The zero-order chi connectivity index (χ0) is 27.2. The lowest BCUT2D eigenvalue weighted by atomic mass is 9.87. The molecule has 0 fully saturated rings. The molecule has 0 spiro atoms. The smallest absolute Gasteiger partial charge is 0.321 e. The summed E-state index contributed by atoms with van der Waals surface area (Å²) < 4.78 is 8.07. The zero-order valence-electron chi connectivity index (χ0n) is 23.0. The number of aromatic nitrogens is 3. The van der Waals surface area contributed by atoms with E-state index in [2.05, 4.69) is 36.4 Å². The molecule has 10 nitrogen and oxygen atoms in total. The Morgan fingerprint density at radius 1 is 1.30 bits per heavy atom. The average Bonchev–Trinajstić information content (AvgIpc) is 3.30. The van der Waals surface area contributed by atoms with Gasteiger partial charge in [0.05, 0.1) is 37.3 Å². The summed E-state index contributed by atoms with van der Waals surface area (Å²) in [6, 6.07) is 7.33. The number of likely N-dealkylation sites (N-methyl/N-ethyl adjacent to an activating group) is 1. The Morgan fingerprint density at radius 2 is 2.00 bits per heavy atom. The molecule has 2 aromatic rings. The number of aryl methyl sites for hydroxylation is 1. The minimum atomic E-state index is -0.358. The number of anilines is 1. The van der Waals surface area contributed by atoms with Crippen LogP contribution in [0.25, 0.3) is 0 Å². The number of nitrogens with one attached hydrogen (secondary N) is 1. The molecule has 3 amide bonds. The standard InChI is InChI=1S/C27H42N6O4/c1-19-15-32(20(2)17-34)25(35)8-7-13-33-23(14-28-30-33)18-37-24(19)16-31(6)26(36)29-22-11-9-21(10-12-22)27(3,4)5/h9-12,14,19-20,24,34H,7-8,13,15-18H2,1-6H3,(H,29,36)/t19-,20+,24+/m0/s1. The van der Waals surface area contributed by atoms with Gasteiger partial charge in [0.25, 0.3) is 0 Å². The molecule has 3 atom stereocenters. The van der Waals surface area contributed by atoms with Crippen molar-refractivity contribution >= 4 is 17.6 Å². The number of rotatable bonds is 5. The van der Waals surface area contributed by atoms with E-state index < -0.39 is 0 Å². The van der Waals surface area contributed by atoms with E-state index in [0.717, 1.165) is 11.4 Å². The van der Waals surface area contributed by atoms with Gasteiger partial charge in [-0.2, -0.15) is 0 Å². The molecule has 37 heavy (non-hydrogen) atoms. The number of carbonyl (C=O) groups is 2. The van der Waals surface area contributed by atoms with Gasteiger partial charge in [-0.1, -0.05) is 45.0 Å². The molecule has 1 aliphatic heterocycles. The number of benzene rings is 1. The Hall–Kier alpha value is -2.98. The monoisotopic (exact) mass is 514 g/mol. The summed E-state index contributed by atoms with van der Waals surface area (Å²) in [5.41, 5.74) is 2.78. The van der Waals surface area contributed by atoms with Crippen LogP contribution in [0.5, 0.6) is 0 Å². The minimum Gasteiger partial charge on any atom is -0.394 e. The van der Waals surface area contributed by atoms with Crippen LogP contribution in [-0.2, 0) is 28.1 Å². The third-order valence-corrected chi connectivity index (χ3v) is 6.94. The first-order valence-electron chi connectivity index (χ1n) is 13.0. The molecule has 1 aliphatic rings. The topological polar surface area (TPSA) is 113 Å². The van der Waals surface area contributed by atoms with Gasteiger partial charge in [-0.3, -0.25) is 4.79 Å². The van der Waals surface area contributed by atoms with Crippen molar-refractivity contribution in [2.24, 2.45) is 5.92 Å². The van der Waals surface area contributed by atoms with E-state index in [1.165, 1.54) is 5.56 Å². The van der Waals surface area contributed by atoms with Crippen LogP contribution < -0.4 is 5.32 Å². The first-order chi connectivity index (χ1) is 17.5. The predicted molar refractivity (Wildman–Crippen MR) is 142 cm³/mol. The van der Waals surface area contributed by atoms with Crippen molar-refractivity contribution in [2.75, 3.05) is 32.1 Å². The molecule has 10 heteroatoms. The molecule has 1 aromatic carbocycles. The van der Waals surface area contributed by atoms with Crippen LogP contribution in [0.2, 0.25) is 0 Å². The van der Waals surface area contributed by atoms with Crippen LogP contribution >= 0.6 is 0 Å². The highest BCUT2D eigenvalue weighted by atomic mass is 16.5. The van der Waals surface area contributed by atoms with Crippen LogP contribution in [0.1, 0.15) is 58.7 Å². The summed E-state index contributed by atoms with van der Waals surface area (Å²) in [5.74, 6) is -0.109. The average molecular weight is 515 g/mol. The maximum absolute atomic E-state index is 13.0. The van der Waals surface area contributed by atoms with Gasteiger partial charge in [-0.15, -0.1) is 5.10 Å². The molecule has 0 radical (unpaired) electrons. The van der Waals surface area contributed by atoms with E-state index in [-0.39, 0.29) is 42.0 Å². The van der Waals surface area contributed by atoms with Gasteiger partial charge in [-0.25, -0.2) is 9.48 Å². The second-order valence-corrected chi connectivity index (χ2v) is 11.1. The molecule has 0 saturated carbocycles. The first-order valence-corrected chi connectivity index (χ1v) is 13.0. The van der Waals surface area contributed by atoms with Crippen molar-refractivity contribution in [2.45, 2.75) is 78.2 Å². The molecule has 2 heterocycles. The van der Waals surface area contributed by atoms with Crippen molar-refractivity contribution in [1.29, 1.82) is 0 Å². The van der Waals surface area contributed by atoms with Crippen molar-refractivity contribution in [1.82, 2.24) is 24.8 Å². The van der Waals surface area contributed by atoms with Gasteiger partial charge in [0.15, 0.2) is 0 Å². The molecule has 204 valence electrons. The number of hydrogen-bond acceptors (Lipinski definition) is 6. The highest BCUT2D eigenvalue weighted by Gasteiger charge is 2.29. The lowest BCUT2D eigenvalue weighted by Gasteiger charge is -2.35. The number of carbonyl (C=O) groups excluding carboxylic acids is 2. The summed E-state index contributed by atoms with van der Waals surface area (Å²) in [7, 11) is 1.73. The quantitative estimate of drug-likeness (QED) is 0.633. The molecule has 2 N–H and O–H groups in total. The van der Waals surface area contributed by atoms with Crippen molar-refractivity contribution in [3.8, 4) is 0 Å². The van der Waals surface area contributed by atoms with Crippen LogP contribution in [0.4, 0.5) is 10.5 Å². The van der Waals surface area contributed by atoms with E-state index >= 15 is 0 Å². The van der Waals surface area contributed by atoms with Crippen LogP contribution in [-0.4, -0.2) is 80.7 Å². The number of amides is 3. The summed E-state index contributed by atoms with van der Waals surface area (Å²) in [6.45, 7) is 11.8. The maximum atomic E-state index is 13.0. The molecular weight excluding hydrogens is 472 g/mol. The number of urea groups is 1. The van der Waals surface area contributed by atoms with E-state index in [0.29, 0.717) is 39.1 Å². The number of aliphatic hydroxyl groups excluding tert-OH is 1. The Bertz CT molecular complexity index is 1030. The third kappa shape index (κ3) is 7.75. The van der Waals surface area contributed by atoms with E-state index in [1.807, 2.05) is 38.1 Å². The Labute approximate surface area is 220 Å². The van der Waals surface area contributed by atoms with Gasteiger partial charge < -0.3 is 25.0 Å². The fourth-order valence-electron chi connectivity index (χ4n) is 4.37. The van der Waals surface area contributed by atoms with Gasteiger partial charge >= 0.3 is 6.03 Å². The van der Waals surface area contributed by atoms with Gasteiger partial charge in [-0.05, 0) is 36.5 Å². The second kappa shape index (κ2) is 12.5. The van der Waals surface area contributed by atoms with Crippen molar-refractivity contribution in [3.05, 3.63) is 41.7 Å².